The zero-order valence-electron chi connectivity index (χ0n) is 8.66. The molecule has 0 rings (SSSR count). The van der Waals surface area contributed by atoms with Gasteiger partial charge in [-0.3, -0.25) is 0 Å². The summed E-state index contributed by atoms with van der Waals surface area (Å²) in [6.07, 6.45) is 9.57. The first kappa shape index (κ1) is 14.2. The molecule has 12 heavy (non-hydrogen) atoms. The van der Waals surface area contributed by atoms with Gasteiger partial charge in [0.05, 0.1) is 0 Å². The van der Waals surface area contributed by atoms with Crippen molar-refractivity contribution >= 4 is 0 Å². The molecule has 0 radical (unpaired) electrons. The fraction of sp³-hybridized carbons (Fsp3) is 0.818. The lowest BCUT2D eigenvalue weighted by molar-refractivity contribution is 0.607. The van der Waals surface area contributed by atoms with E-state index >= 15 is 0 Å². The third-order valence-electron chi connectivity index (χ3n) is 1.96. The van der Waals surface area contributed by atoms with E-state index in [4.69, 9.17) is 0 Å². The van der Waals surface area contributed by atoms with Crippen LogP contribution < -0.4 is 0 Å². The Labute approximate surface area is 77.2 Å². The summed E-state index contributed by atoms with van der Waals surface area (Å²) in [6.45, 7) is 8.26. The highest BCUT2D eigenvalue weighted by atomic mass is 16.0. The second kappa shape index (κ2) is 10.7. The maximum atomic E-state index is 3.89. The van der Waals surface area contributed by atoms with E-state index < -0.39 is 0 Å². The van der Waals surface area contributed by atoms with Gasteiger partial charge in [-0.05, 0) is 19.8 Å². The first-order valence-electron chi connectivity index (χ1n) is 4.91. The van der Waals surface area contributed by atoms with E-state index in [1.807, 2.05) is 0 Å². The monoisotopic (exact) mass is 172 g/mol. The van der Waals surface area contributed by atoms with E-state index in [-0.39, 0.29) is 5.48 Å². The van der Waals surface area contributed by atoms with E-state index in [1.54, 1.807) is 0 Å². The molecule has 0 saturated heterocycles. The van der Waals surface area contributed by atoms with Crippen molar-refractivity contribution in [1.82, 2.24) is 0 Å². The summed E-state index contributed by atoms with van der Waals surface area (Å²) in [6, 6.07) is 0. The minimum absolute atomic E-state index is 0. The number of unbranched alkanes of at least 4 members (excludes halogenated alkanes) is 5. The van der Waals surface area contributed by atoms with Crippen LogP contribution in [0, 0.1) is 0 Å². The van der Waals surface area contributed by atoms with Crippen molar-refractivity contribution in [2.75, 3.05) is 0 Å². The summed E-state index contributed by atoms with van der Waals surface area (Å²) < 4.78 is 0. The predicted molar refractivity (Wildman–Crippen MR) is 56.4 cm³/mol. The fourth-order valence-corrected chi connectivity index (χ4v) is 1.21. The molecule has 0 aromatic heterocycles. The third kappa shape index (κ3) is 12.4. The molecule has 0 aromatic carbocycles. The molecule has 1 nitrogen and oxygen atoms in total. The van der Waals surface area contributed by atoms with Crippen LogP contribution in [0.3, 0.4) is 0 Å². The van der Waals surface area contributed by atoms with Gasteiger partial charge in [-0.25, -0.2) is 0 Å². The van der Waals surface area contributed by atoms with Crippen molar-refractivity contribution < 1.29 is 5.48 Å². The molecule has 74 valence electrons. The van der Waals surface area contributed by atoms with Crippen molar-refractivity contribution in [3.05, 3.63) is 12.2 Å². The van der Waals surface area contributed by atoms with Crippen molar-refractivity contribution in [2.24, 2.45) is 0 Å². The third-order valence-corrected chi connectivity index (χ3v) is 1.96. The molecule has 0 aliphatic rings. The second-order valence-electron chi connectivity index (χ2n) is 3.47. The summed E-state index contributed by atoms with van der Waals surface area (Å²) in [4.78, 5) is 0. The first-order chi connectivity index (χ1) is 5.27. The summed E-state index contributed by atoms with van der Waals surface area (Å²) in [5.74, 6) is 0. The Balaban J connectivity index is 0. The highest BCUT2D eigenvalue weighted by molar-refractivity contribution is 4.86. The molecule has 0 bridgehead atoms. The number of allylic oxidation sites excluding steroid dienone is 1. The largest absolute Gasteiger partial charge is 0.412 e. The SMILES string of the molecule is C=C(C)CCCCCCCC.O. The van der Waals surface area contributed by atoms with Crippen LogP contribution in [-0.4, -0.2) is 5.48 Å². The maximum Gasteiger partial charge on any atom is -0.0326 e. The van der Waals surface area contributed by atoms with E-state index in [0.717, 1.165) is 0 Å². The maximum absolute atomic E-state index is 3.89. The minimum atomic E-state index is 0. The minimum Gasteiger partial charge on any atom is -0.412 e. The summed E-state index contributed by atoms with van der Waals surface area (Å²) in [5, 5.41) is 0. The van der Waals surface area contributed by atoms with Crippen LogP contribution in [0.1, 0.15) is 58.8 Å². The van der Waals surface area contributed by atoms with Crippen LogP contribution in [0.4, 0.5) is 0 Å². The lowest BCUT2D eigenvalue weighted by atomic mass is 10.1. The van der Waals surface area contributed by atoms with Crippen LogP contribution in [0.25, 0.3) is 0 Å². The van der Waals surface area contributed by atoms with E-state index in [1.165, 1.54) is 50.5 Å². The quantitative estimate of drug-likeness (QED) is 0.416. The molecule has 0 amide bonds. The molecular weight excluding hydrogens is 148 g/mol. The number of hydrogen-bond donors (Lipinski definition) is 0. The van der Waals surface area contributed by atoms with Gasteiger partial charge < -0.3 is 5.48 Å². The van der Waals surface area contributed by atoms with Crippen molar-refractivity contribution in [2.45, 2.75) is 58.8 Å². The van der Waals surface area contributed by atoms with Crippen LogP contribution in [0.5, 0.6) is 0 Å². The summed E-state index contributed by atoms with van der Waals surface area (Å²) in [7, 11) is 0. The van der Waals surface area contributed by atoms with Crippen molar-refractivity contribution in [3.63, 3.8) is 0 Å². The normalized spacial score (nSPS) is 9.17. The zero-order chi connectivity index (χ0) is 8.53. The van der Waals surface area contributed by atoms with Crippen LogP contribution in [0.15, 0.2) is 12.2 Å². The Bertz CT molecular complexity index is 97.2. The average molecular weight is 172 g/mol. The molecule has 0 fully saturated rings. The number of rotatable bonds is 7. The first-order valence-corrected chi connectivity index (χ1v) is 4.91. The van der Waals surface area contributed by atoms with Gasteiger partial charge in [0.25, 0.3) is 0 Å². The van der Waals surface area contributed by atoms with Gasteiger partial charge in [0, 0.05) is 0 Å². The zero-order valence-corrected chi connectivity index (χ0v) is 8.66. The summed E-state index contributed by atoms with van der Waals surface area (Å²) >= 11 is 0. The van der Waals surface area contributed by atoms with Crippen molar-refractivity contribution in [1.29, 1.82) is 0 Å². The molecule has 0 aromatic rings. The molecule has 0 heterocycles. The standard InChI is InChI=1S/C11H22.H2O/c1-4-5-6-7-8-9-10-11(2)3;/h2,4-10H2,1,3H3;1H2. The molecule has 0 saturated carbocycles. The lowest BCUT2D eigenvalue weighted by Gasteiger charge is -1.99. The van der Waals surface area contributed by atoms with E-state index in [0.29, 0.717) is 0 Å². The fourth-order valence-electron chi connectivity index (χ4n) is 1.21. The Morgan fingerprint density at radius 1 is 1.00 bits per heavy atom. The lowest BCUT2D eigenvalue weighted by Crippen LogP contribution is -1.79. The summed E-state index contributed by atoms with van der Waals surface area (Å²) in [5.41, 5.74) is 1.33. The van der Waals surface area contributed by atoms with Crippen molar-refractivity contribution in [3.8, 4) is 0 Å². The number of hydrogen-bond acceptors (Lipinski definition) is 0. The molecule has 0 aliphatic heterocycles. The predicted octanol–water partition coefficient (Wildman–Crippen LogP) is 3.49. The average Bonchev–Trinajstić information content (AvgIpc) is 1.96. The Kier molecular flexibility index (Phi) is 12.7. The Hall–Kier alpha value is -0.300. The van der Waals surface area contributed by atoms with Gasteiger partial charge in [-0.1, -0.05) is 44.6 Å². The molecule has 0 atom stereocenters. The van der Waals surface area contributed by atoms with Crippen LogP contribution in [-0.2, 0) is 0 Å². The van der Waals surface area contributed by atoms with Gasteiger partial charge >= 0.3 is 0 Å². The van der Waals surface area contributed by atoms with Gasteiger partial charge in [0.2, 0.25) is 0 Å². The van der Waals surface area contributed by atoms with Crippen LogP contribution >= 0.6 is 0 Å². The topological polar surface area (TPSA) is 31.5 Å². The molecule has 0 spiro atoms. The smallest absolute Gasteiger partial charge is 0.0326 e. The second-order valence-corrected chi connectivity index (χ2v) is 3.47. The highest BCUT2D eigenvalue weighted by Gasteiger charge is 1.89. The molecule has 1 heteroatoms. The highest BCUT2D eigenvalue weighted by Crippen LogP contribution is 2.09. The van der Waals surface area contributed by atoms with E-state index in [9.17, 15) is 0 Å². The Morgan fingerprint density at radius 3 is 2.00 bits per heavy atom. The Morgan fingerprint density at radius 2 is 1.50 bits per heavy atom. The van der Waals surface area contributed by atoms with Gasteiger partial charge in [0.1, 0.15) is 0 Å². The molecule has 2 N–H and O–H groups in total. The van der Waals surface area contributed by atoms with Gasteiger partial charge in [-0.2, -0.15) is 0 Å². The molecule has 0 aliphatic carbocycles. The van der Waals surface area contributed by atoms with Gasteiger partial charge in [-0.15, -0.1) is 6.58 Å². The van der Waals surface area contributed by atoms with Gasteiger partial charge in [0.15, 0.2) is 0 Å². The molecular formula is C11H24O. The van der Waals surface area contributed by atoms with Crippen LogP contribution in [0.2, 0.25) is 0 Å². The van der Waals surface area contributed by atoms with E-state index in [2.05, 4.69) is 20.4 Å². The molecule has 0 unspecified atom stereocenters.